The van der Waals surface area contributed by atoms with Crippen LogP contribution in [0.25, 0.3) is 10.9 Å². The summed E-state index contributed by atoms with van der Waals surface area (Å²) in [4.78, 5) is 12.7. The molecule has 0 radical (unpaired) electrons. The van der Waals surface area contributed by atoms with E-state index >= 15 is 0 Å². The summed E-state index contributed by atoms with van der Waals surface area (Å²) in [7, 11) is -3.89. The molecule has 0 spiro atoms. The van der Waals surface area contributed by atoms with E-state index in [-0.39, 0.29) is 5.75 Å². The smallest absolute Gasteiger partial charge is 0.472 e. The normalized spacial score (nSPS) is 15.1. The lowest BCUT2D eigenvalue weighted by molar-refractivity contribution is 0.110. The highest BCUT2D eigenvalue weighted by Gasteiger charge is 2.24. The average molecular weight is 490 g/mol. The molecule has 0 saturated heterocycles. The van der Waals surface area contributed by atoms with Gasteiger partial charge in [-0.15, -0.1) is 0 Å². The summed E-state index contributed by atoms with van der Waals surface area (Å²) in [6.07, 6.45) is 10.1. The molecule has 1 aromatic carbocycles. The quantitative estimate of drug-likeness (QED) is 0.233. The maximum atomic E-state index is 11.9. The first-order valence-corrected chi connectivity index (χ1v) is 13.7. The number of benzene rings is 1. The fraction of sp³-hybridized carbons (Fsp3) is 0.667. The summed E-state index contributed by atoms with van der Waals surface area (Å²) in [5.41, 5.74) is 0.895. The van der Waals surface area contributed by atoms with E-state index in [0.29, 0.717) is 30.1 Å². The number of aromatic nitrogens is 1. The van der Waals surface area contributed by atoms with Crippen LogP contribution >= 0.6 is 19.4 Å². The predicted octanol–water partition coefficient (Wildman–Crippen LogP) is 8.08. The monoisotopic (exact) mass is 489 g/mol. The Morgan fingerprint density at radius 3 is 2.00 bits per heavy atom. The molecule has 0 aliphatic carbocycles. The van der Waals surface area contributed by atoms with Crippen LogP contribution in [0.2, 0.25) is 5.02 Å². The number of nitrogens with one attached hydrogen (secondary N) is 1. The molecule has 2 atom stereocenters. The number of rotatable bonds is 14. The lowest BCUT2D eigenvalue weighted by atomic mass is 10.0. The van der Waals surface area contributed by atoms with Gasteiger partial charge >= 0.3 is 7.82 Å². The van der Waals surface area contributed by atoms with E-state index in [9.17, 15) is 14.6 Å². The van der Waals surface area contributed by atoms with Crippen molar-refractivity contribution in [2.45, 2.75) is 79.1 Å². The number of hydrogen-bond acceptors (Lipinski definition) is 4. The van der Waals surface area contributed by atoms with Gasteiger partial charge < -0.3 is 15.0 Å². The van der Waals surface area contributed by atoms with Crippen LogP contribution in [0.1, 0.15) is 79.1 Å². The molecule has 32 heavy (non-hydrogen) atoms. The van der Waals surface area contributed by atoms with E-state index in [2.05, 4.69) is 32.7 Å². The minimum Gasteiger partial charge on any atom is -0.506 e. The van der Waals surface area contributed by atoms with Crippen LogP contribution in [0.3, 0.4) is 0 Å². The van der Waals surface area contributed by atoms with Crippen molar-refractivity contribution in [3.05, 3.63) is 29.4 Å². The third kappa shape index (κ3) is 11.2. The Morgan fingerprint density at radius 2 is 1.53 bits per heavy atom. The van der Waals surface area contributed by atoms with E-state index in [1.165, 1.54) is 0 Å². The first kappa shape index (κ1) is 29.0. The van der Waals surface area contributed by atoms with Crippen molar-refractivity contribution in [2.75, 3.05) is 13.2 Å². The van der Waals surface area contributed by atoms with Gasteiger partial charge in [-0.25, -0.2) is 4.57 Å². The molecule has 2 aromatic rings. The van der Waals surface area contributed by atoms with Crippen molar-refractivity contribution in [1.29, 1.82) is 0 Å². The second-order valence-corrected chi connectivity index (χ2v) is 10.1. The largest absolute Gasteiger partial charge is 0.506 e. The van der Waals surface area contributed by atoms with Crippen LogP contribution in [0.4, 0.5) is 0 Å². The van der Waals surface area contributed by atoms with E-state index in [1.54, 1.807) is 18.3 Å². The SMILES string of the molecule is CCCCC(CC)COP(=O)(O)OCC(CC)CCCC.Oc1c[nH]c2ccc(Cl)cc12. The second kappa shape index (κ2) is 15.7. The van der Waals surface area contributed by atoms with Crippen LogP contribution in [0.5, 0.6) is 5.75 Å². The van der Waals surface area contributed by atoms with Crippen molar-refractivity contribution in [3.8, 4) is 5.75 Å². The van der Waals surface area contributed by atoms with Gasteiger partial charge in [0.15, 0.2) is 0 Å². The number of halogens is 1. The molecular formula is C24H41ClNO5P. The van der Waals surface area contributed by atoms with E-state index < -0.39 is 7.82 Å². The van der Waals surface area contributed by atoms with Gasteiger partial charge in [0.05, 0.1) is 13.2 Å². The van der Waals surface area contributed by atoms with Crippen molar-refractivity contribution in [3.63, 3.8) is 0 Å². The number of unbranched alkanes of at least 4 members (excludes halogenated alkanes) is 2. The molecule has 2 rings (SSSR count). The molecule has 0 aliphatic heterocycles. The Balaban J connectivity index is 0.000000382. The topological polar surface area (TPSA) is 91.8 Å². The summed E-state index contributed by atoms with van der Waals surface area (Å²) in [5, 5.41) is 10.6. The maximum Gasteiger partial charge on any atom is 0.472 e. The molecule has 0 fully saturated rings. The van der Waals surface area contributed by atoms with Crippen LogP contribution in [-0.4, -0.2) is 28.2 Å². The first-order valence-electron chi connectivity index (χ1n) is 11.8. The number of phosphoric ester groups is 1. The highest BCUT2D eigenvalue weighted by molar-refractivity contribution is 7.47. The molecule has 2 unspecified atom stereocenters. The zero-order chi connectivity index (χ0) is 24.0. The molecule has 3 N–H and O–H groups in total. The summed E-state index contributed by atoms with van der Waals surface area (Å²) in [6, 6.07) is 5.33. The number of H-pyrrole nitrogens is 1. The second-order valence-electron chi connectivity index (χ2n) is 8.26. The highest BCUT2D eigenvalue weighted by Crippen LogP contribution is 2.44. The molecule has 0 bridgehead atoms. The van der Waals surface area contributed by atoms with Gasteiger partial charge in [-0.1, -0.05) is 77.8 Å². The number of aromatic amines is 1. The van der Waals surface area contributed by atoms with Gasteiger partial charge in [0.2, 0.25) is 0 Å². The van der Waals surface area contributed by atoms with Crippen molar-refractivity contribution in [1.82, 2.24) is 4.98 Å². The Morgan fingerprint density at radius 1 is 1.00 bits per heavy atom. The Labute approximate surface area is 198 Å². The maximum absolute atomic E-state index is 11.9. The molecule has 8 heteroatoms. The van der Waals surface area contributed by atoms with Crippen LogP contribution in [-0.2, 0) is 13.6 Å². The Kier molecular flexibility index (Phi) is 14.3. The first-order chi connectivity index (χ1) is 15.3. The summed E-state index contributed by atoms with van der Waals surface area (Å²) in [5.74, 6) is 0.926. The minimum atomic E-state index is -3.89. The molecule has 1 heterocycles. The fourth-order valence-electron chi connectivity index (χ4n) is 3.31. The van der Waals surface area contributed by atoms with E-state index in [1.807, 2.05) is 6.07 Å². The van der Waals surface area contributed by atoms with Crippen molar-refractivity contribution >= 4 is 30.3 Å². The van der Waals surface area contributed by atoms with Gasteiger partial charge in [0.25, 0.3) is 0 Å². The lowest BCUT2D eigenvalue weighted by Gasteiger charge is -2.20. The molecule has 0 aliphatic rings. The Hall–Kier alpha value is -1.04. The summed E-state index contributed by atoms with van der Waals surface area (Å²) in [6.45, 7) is 9.10. The van der Waals surface area contributed by atoms with Crippen molar-refractivity contribution < 1.29 is 23.6 Å². The van der Waals surface area contributed by atoms with Gasteiger partial charge in [-0.3, -0.25) is 9.05 Å². The predicted molar refractivity (Wildman–Crippen MR) is 133 cm³/mol. The fourth-order valence-corrected chi connectivity index (χ4v) is 4.36. The molecule has 6 nitrogen and oxygen atoms in total. The Bertz CT molecular complexity index is 789. The molecule has 0 saturated carbocycles. The van der Waals surface area contributed by atoms with Crippen LogP contribution in [0, 0.1) is 11.8 Å². The number of hydrogen-bond donors (Lipinski definition) is 3. The van der Waals surface area contributed by atoms with Gasteiger partial charge in [0, 0.05) is 22.1 Å². The van der Waals surface area contributed by atoms with Crippen LogP contribution < -0.4 is 0 Å². The van der Waals surface area contributed by atoms with E-state index in [4.69, 9.17) is 20.6 Å². The number of aromatic hydroxyl groups is 1. The molecular weight excluding hydrogens is 449 g/mol. The standard InChI is InChI=1S/C16H35O4P.C8H6ClNO/c1-5-9-11-15(7-3)13-19-21(17,18)20-14-16(8-4)12-10-6-2;9-5-1-2-7-6(3-5)8(11)4-10-7/h15-16H,5-14H2,1-4H3,(H,17,18);1-4,10-11H. The third-order valence-corrected chi connectivity index (χ3v) is 6.84. The van der Waals surface area contributed by atoms with Crippen LogP contribution in [0.15, 0.2) is 24.4 Å². The average Bonchev–Trinajstić information content (AvgIpc) is 3.14. The summed E-state index contributed by atoms with van der Waals surface area (Å²) < 4.78 is 22.2. The zero-order valence-corrected chi connectivity index (χ0v) is 21.6. The molecule has 184 valence electrons. The lowest BCUT2D eigenvalue weighted by Crippen LogP contribution is -2.12. The zero-order valence-electron chi connectivity index (χ0n) is 20.0. The highest BCUT2D eigenvalue weighted by atomic mass is 35.5. The van der Waals surface area contributed by atoms with Gasteiger partial charge in [-0.05, 0) is 42.9 Å². The van der Waals surface area contributed by atoms with Gasteiger partial charge in [-0.2, -0.15) is 0 Å². The minimum absolute atomic E-state index is 0.238. The number of fused-ring (bicyclic) bond motifs is 1. The molecule has 1 aromatic heterocycles. The van der Waals surface area contributed by atoms with Crippen molar-refractivity contribution in [2.24, 2.45) is 11.8 Å². The van der Waals surface area contributed by atoms with E-state index in [0.717, 1.165) is 62.3 Å². The molecule has 0 amide bonds. The summed E-state index contributed by atoms with van der Waals surface area (Å²) >= 11 is 5.72. The third-order valence-electron chi connectivity index (χ3n) is 5.66. The van der Waals surface area contributed by atoms with Gasteiger partial charge in [0.1, 0.15) is 5.75 Å². The number of phosphoric acid groups is 1.